The minimum atomic E-state index is 0.414. The summed E-state index contributed by atoms with van der Waals surface area (Å²) in [6.45, 7) is 1.62. The number of likely N-dealkylation sites (N-methyl/N-ethyl adjacent to an activating group) is 1. The highest BCUT2D eigenvalue weighted by Crippen LogP contribution is 2.26. The molecule has 0 bridgehead atoms. The molecule has 1 aromatic heterocycles. The molecule has 1 fully saturated rings. The minimum absolute atomic E-state index is 0.414. The van der Waals surface area contributed by atoms with Crippen molar-refractivity contribution in [2.75, 3.05) is 25.2 Å². The average molecular weight is 277 g/mol. The van der Waals surface area contributed by atoms with Crippen LogP contribution in [0.15, 0.2) is 30.3 Å². The molecule has 1 aromatic carbocycles. The van der Waals surface area contributed by atoms with Gasteiger partial charge in [-0.1, -0.05) is 18.2 Å². The first-order valence-corrected chi connectivity index (χ1v) is 7.08. The summed E-state index contributed by atoms with van der Waals surface area (Å²) < 4.78 is 5.45. The second-order valence-electron chi connectivity index (χ2n) is 4.92. The van der Waals surface area contributed by atoms with Gasteiger partial charge >= 0.3 is 0 Å². The summed E-state index contributed by atoms with van der Waals surface area (Å²) in [6.07, 6.45) is 1.06. The number of anilines is 1. The van der Waals surface area contributed by atoms with Crippen molar-refractivity contribution in [1.82, 2.24) is 4.98 Å². The van der Waals surface area contributed by atoms with Gasteiger partial charge in [0.05, 0.1) is 18.2 Å². The fourth-order valence-electron chi connectivity index (χ4n) is 2.54. The van der Waals surface area contributed by atoms with Crippen LogP contribution in [0.25, 0.3) is 10.9 Å². The fourth-order valence-corrected chi connectivity index (χ4v) is 2.76. The number of hydrogen-bond donors (Lipinski definition) is 0. The van der Waals surface area contributed by atoms with Crippen LogP contribution in [0.4, 0.5) is 5.82 Å². The topological polar surface area (TPSA) is 25.4 Å². The number of ether oxygens (including phenoxy) is 1. The van der Waals surface area contributed by atoms with Crippen molar-refractivity contribution >= 4 is 28.3 Å². The number of rotatable bonds is 3. The molecule has 0 spiro atoms. The van der Waals surface area contributed by atoms with Crippen LogP contribution < -0.4 is 4.90 Å². The van der Waals surface area contributed by atoms with Gasteiger partial charge < -0.3 is 9.64 Å². The number of fused-ring (bicyclic) bond motifs is 1. The molecule has 2 heterocycles. The Morgan fingerprint density at radius 3 is 3.00 bits per heavy atom. The maximum Gasteiger partial charge on any atom is 0.129 e. The first-order chi connectivity index (χ1) is 9.29. The molecule has 1 aliphatic heterocycles. The van der Waals surface area contributed by atoms with E-state index in [0.29, 0.717) is 11.9 Å². The lowest BCUT2D eigenvalue weighted by atomic mass is 10.1. The standard InChI is InChI=1S/C15H17ClN2O/c1-18(12-6-7-19-10-12)15-8-11(9-16)13-4-2-3-5-14(13)17-15/h2-5,8,12H,6-7,9-10H2,1H3. The highest BCUT2D eigenvalue weighted by atomic mass is 35.5. The van der Waals surface area contributed by atoms with Gasteiger partial charge in [-0.3, -0.25) is 0 Å². The lowest BCUT2D eigenvalue weighted by molar-refractivity contribution is 0.193. The zero-order valence-electron chi connectivity index (χ0n) is 11.0. The Morgan fingerprint density at radius 1 is 1.42 bits per heavy atom. The molecule has 1 aliphatic rings. The Kier molecular flexibility index (Phi) is 3.58. The predicted octanol–water partition coefficient (Wildman–Crippen LogP) is 3.20. The summed E-state index contributed by atoms with van der Waals surface area (Å²) >= 11 is 6.07. The third-order valence-electron chi connectivity index (χ3n) is 3.75. The van der Waals surface area contributed by atoms with Crippen molar-refractivity contribution in [2.45, 2.75) is 18.3 Å². The molecule has 0 radical (unpaired) electrons. The van der Waals surface area contributed by atoms with E-state index in [-0.39, 0.29) is 0 Å². The molecule has 2 aromatic rings. The second kappa shape index (κ2) is 5.35. The lowest BCUT2D eigenvalue weighted by Gasteiger charge is -2.25. The predicted molar refractivity (Wildman–Crippen MR) is 78.9 cm³/mol. The molecule has 19 heavy (non-hydrogen) atoms. The quantitative estimate of drug-likeness (QED) is 0.805. The first-order valence-electron chi connectivity index (χ1n) is 6.55. The largest absolute Gasteiger partial charge is 0.379 e. The van der Waals surface area contributed by atoms with Crippen molar-refractivity contribution < 1.29 is 4.74 Å². The average Bonchev–Trinajstić information content (AvgIpc) is 2.99. The molecule has 3 nitrogen and oxygen atoms in total. The third kappa shape index (κ3) is 2.40. The Balaban J connectivity index is 2.03. The van der Waals surface area contributed by atoms with Gasteiger partial charge in [0, 0.05) is 24.9 Å². The van der Waals surface area contributed by atoms with Crippen molar-refractivity contribution in [3.63, 3.8) is 0 Å². The van der Waals surface area contributed by atoms with Gasteiger partial charge in [-0.2, -0.15) is 0 Å². The summed E-state index contributed by atoms with van der Waals surface area (Å²) in [6, 6.07) is 10.6. The number of para-hydroxylation sites is 1. The molecule has 0 N–H and O–H groups in total. The molecule has 3 rings (SSSR count). The number of halogens is 1. The summed E-state index contributed by atoms with van der Waals surface area (Å²) in [4.78, 5) is 6.94. The highest BCUT2D eigenvalue weighted by Gasteiger charge is 2.22. The van der Waals surface area contributed by atoms with E-state index in [1.165, 1.54) is 0 Å². The Labute approximate surface area is 118 Å². The van der Waals surface area contributed by atoms with Gasteiger partial charge in [0.15, 0.2) is 0 Å². The summed E-state index contributed by atoms with van der Waals surface area (Å²) in [5.74, 6) is 1.48. The molecule has 0 amide bonds. The van der Waals surface area contributed by atoms with Crippen molar-refractivity contribution in [1.29, 1.82) is 0 Å². The fraction of sp³-hybridized carbons (Fsp3) is 0.400. The van der Waals surface area contributed by atoms with Gasteiger partial charge in [0.2, 0.25) is 0 Å². The van der Waals surface area contributed by atoms with Gasteiger partial charge in [-0.15, -0.1) is 11.6 Å². The maximum absolute atomic E-state index is 6.07. The van der Waals surface area contributed by atoms with E-state index in [1.54, 1.807) is 0 Å². The number of pyridine rings is 1. The molecule has 100 valence electrons. The van der Waals surface area contributed by atoms with Crippen molar-refractivity contribution in [3.8, 4) is 0 Å². The first kappa shape index (κ1) is 12.7. The number of nitrogens with zero attached hydrogens (tertiary/aromatic N) is 2. The molecule has 1 saturated heterocycles. The van der Waals surface area contributed by atoms with Crippen LogP contribution in [0.2, 0.25) is 0 Å². The molecular weight excluding hydrogens is 260 g/mol. The van der Waals surface area contributed by atoms with Crippen LogP contribution in [0.3, 0.4) is 0 Å². The summed E-state index contributed by atoms with van der Waals surface area (Å²) in [5.41, 5.74) is 2.13. The number of hydrogen-bond acceptors (Lipinski definition) is 3. The van der Waals surface area contributed by atoms with E-state index in [2.05, 4.69) is 24.1 Å². The Bertz CT molecular complexity index is 581. The lowest BCUT2D eigenvalue weighted by Crippen LogP contribution is -2.32. The van der Waals surface area contributed by atoms with Crippen molar-refractivity contribution in [3.05, 3.63) is 35.9 Å². The van der Waals surface area contributed by atoms with E-state index < -0.39 is 0 Å². The molecule has 0 saturated carbocycles. The maximum atomic E-state index is 6.07. The smallest absolute Gasteiger partial charge is 0.129 e. The number of aromatic nitrogens is 1. The van der Waals surface area contributed by atoms with Crippen LogP contribution in [-0.2, 0) is 10.6 Å². The van der Waals surface area contributed by atoms with E-state index in [4.69, 9.17) is 21.3 Å². The summed E-state index contributed by atoms with van der Waals surface area (Å²) in [7, 11) is 2.08. The SMILES string of the molecule is CN(c1cc(CCl)c2ccccc2n1)C1CCOC1. The van der Waals surface area contributed by atoms with Crippen molar-refractivity contribution in [2.24, 2.45) is 0 Å². The molecule has 4 heteroatoms. The molecular formula is C15H17ClN2O. The Morgan fingerprint density at radius 2 is 2.26 bits per heavy atom. The number of benzene rings is 1. The van der Waals surface area contributed by atoms with Gasteiger partial charge in [-0.05, 0) is 24.1 Å². The van der Waals surface area contributed by atoms with E-state index in [0.717, 1.165) is 41.9 Å². The highest BCUT2D eigenvalue weighted by molar-refractivity contribution is 6.18. The third-order valence-corrected chi connectivity index (χ3v) is 4.03. The Hall–Kier alpha value is -1.32. The zero-order chi connectivity index (χ0) is 13.2. The molecule has 1 atom stereocenters. The monoisotopic (exact) mass is 276 g/mol. The van der Waals surface area contributed by atoms with Crippen LogP contribution in [0.1, 0.15) is 12.0 Å². The molecule has 1 unspecified atom stereocenters. The molecule has 0 aliphatic carbocycles. The number of alkyl halides is 1. The van der Waals surface area contributed by atoms with Crippen LogP contribution in [-0.4, -0.2) is 31.3 Å². The van der Waals surface area contributed by atoms with E-state index in [1.807, 2.05) is 18.2 Å². The van der Waals surface area contributed by atoms with Gasteiger partial charge in [0.25, 0.3) is 0 Å². The summed E-state index contributed by atoms with van der Waals surface area (Å²) in [5, 5.41) is 1.14. The normalized spacial score (nSPS) is 18.9. The van der Waals surface area contributed by atoms with Crippen LogP contribution in [0.5, 0.6) is 0 Å². The zero-order valence-corrected chi connectivity index (χ0v) is 11.7. The van der Waals surface area contributed by atoms with E-state index in [9.17, 15) is 0 Å². The van der Waals surface area contributed by atoms with E-state index >= 15 is 0 Å². The van der Waals surface area contributed by atoms with Gasteiger partial charge in [0.1, 0.15) is 5.82 Å². The van der Waals surface area contributed by atoms with Crippen LogP contribution >= 0.6 is 11.6 Å². The second-order valence-corrected chi connectivity index (χ2v) is 5.19. The minimum Gasteiger partial charge on any atom is -0.379 e. The van der Waals surface area contributed by atoms with Crippen LogP contribution in [0, 0.1) is 0 Å². The van der Waals surface area contributed by atoms with Gasteiger partial charge in [-0.25, -0.2) is 4.98 Å².